The molecule has 0 atom stereocenters. The zero-order valence-electron chi connectivity index (χ0n) is 19.5. The van der Waals surface area contributed by atoms with Crippen LogP contribution >= 0.6 is 7.92 Å². The molecule has 0 saturated heterocycles. The van der Waals surface area contributed by atoms with Gasteiger partial charge in [0.25, 0.3) is 0 Å². The van der Waals surface area contributed by atoms with Gasteiger partial charge in [-0.3, -0.25) is 19.5 Å². The first-order valence-corrected chi connectivity index (χ1v) is 13.9. The average molecular weight is 633 g/mol. The third kappa shape index (κ3) is 11.4. The third-order valence-electron chi connectivity index (χ3n) is 7.15. The van der Waals surface area contributed by atoms with Crippen LogP contribution in [0, 0.1) is 12.3 Å². The van der Waals surface area contributed by atoms with E-state index in [0.717, 1.165) is 5.56 Å². The van der Waals surface area contributed by atoms with E-state index in [0.29, 0.717) is 0 Å². The number of rotatable bonds is 3. The number of carbonyl (C=O) groups excluding carboxylic acids is 2. The molecule has 0 radical (unpaired) electrons. The van der Waals surface area contributed by atoms with Gasteiger partial charge in [-0.2, -0.15) is 0 Å². The van der Waals surface area contributed by atoms with E-state index in [2.05, 4.69) is 19.5 Å². The van der Waals surface area contributed by atoms with E-state index in [-0.39, 0.29) is 28.0 Å². The summed E-state index contributed by atoms with van der Waals surface area (Å²) in [5, 5.41) is 0. The molecule has 0 unspecified atom stereocenters. The van der Waals surface area contributed by atoms with E-state index < -0.39 is 0 Å². The Bertz CT molecular complexity index is 540. The Kier molecular flexibility index (Phi) is 20.3. The van der Waals surface area contributed by atoms with Crippen LogP contribution in [0.15, 0.2) is 30.3 Å². The van der Waals surface area contributed by atoms with Gasteiger partial charge in [0, 0.05) is 7.92 Å². The zero-order valence-corrected chi connectivity index (χ0v) is 22.9. The van der Waals surface area contributed by atoms with Crippen LogP contribution in [0.5, 0.6) is 0 Å². The molecule has 2 nitrogen and oxygen atoms in total. The molecule has 0 aliphatic heterocycles. The second-order valence-electron chi connectivity index (χ2n) is 9.00. The van der Waals surface area contributed by atoms with Crippen molar-refractivity contribution in [2.24, 2.45) is 0 Å². The smallest absolute Gasteiger partial charge is 0.545 e. The number of benzene rings is 1. The van der Waals surface area contributed by atoms with Crippen molar-refractivity contribution in [2.45, 2.75) is 113 Å². The van der Waals surface area contributed by atoms with Crippen molar-refractivity contribution < 1.29 is 29.7 Å². The zero-order chi connectivity index (χ0) is 22.7. The van der Waals surface area contributed by atoms with E-state index in [1.807, 2.05) is 30.3 Å². The maximum absolute atomic E-state index is 7.75. The van der Waals surface area contributed by atoms with Gasteiger partial charge < -0.3 is 16.0 Å². The van der Waals surface area contributed by atoms with Gasteiger partial charge in [0.05, 0.1) is 17.0 Å². The minimum Gasteiger partial charge on any atom is -0.545 e. The van der Waals surface area contributed by atoms with Crippen molar-refractivity contribution in [1.82, 2.24) is 0 Å². The molecule has 4 heteroatoms. The Morgan fingerprint density at radius 2 is 0.938 bits per heavy atom. The summed E-state index contributed by atoms with van der Waals surface area (Å²) in [5.41, 5.74) is 4.51. The monoisotopic (exact) mass is 633 g/mol. The molecule has 1 aromatic carbocycles. The van der Waals surface area contributed by atoms with Gasteiger partial charge in [-0.15, -0.1) is 17.7 Å². The van der Waals surface area contributed by atoms with Crippen molar-refractivity contribution in [1.29, 1.82) is 0 Å². The first-order chi connectivity index (χ1) is 15.4. The molecule has 0 bridgehead atoms. The molecule has 0 N–H and O–H groups in total. The molecule has 3 aliphatic carbocycles. The third-order valence-corrected chi connectivity index (χ3v) is 11.7. The van der Waals surface area contributed by atoms with Gasteiger partial charge in [-0.25, -0.2) is 0 Å². The van der Waals surface area contributed by atoms with Crippen LogP contribution in [-0.4, -0.2) is 30.6 Å². The average Bonchev–Trinajstić information content (AvgIpc) is 2.89. The van der Waals surface area contributed by atoms with Gasteiger partial charge in [0.15, 0.2) is 0 Å². The van der Waals surface area contributed by atoms with Crippen LogP contribution in [-0.2, 0) is 29.7 Å². The van der Waals surface area contributed by atoms with Crippen LogP contribution in [0.2, 0.25) is 0 Å². The van der Waals surface area contributed by atoms with Crippen molar-refractivity contribution >= 4 is 21.5 Å². The van der Waals surface area contributed by atoms with Crippen molar-refractivity contribution in [3.05, 3.63) is 42.3 Å². The molecular formula is C28H41IrO2P+. The fourth-order valence-electron chi connectivity index (χ4n) is 5.83. The molecule has 4 rings (SSSR count). The molecule has 178 valence electrons. The molecule has 32 heavy (non-hydrogen) atoms. The van der Waals surface area contributed by atoms with E-state index in [4.69, 9.17) is 16.0 Å². The predicted octanol–water partition coefficient (Wildman–Crippen LogP) is 7.27. The fourth-order valence-corrected chi connectivity index (χ4v) is 11.1. The quantitative estimate of drug-likeness (QED) is 0.152. The van der Waals surface area contributed by atoms with Crippen molar-refractivity contribution in [3.8, 4) is 5.92 Å². The maximum Gasteiger partial charge on any atom is 3.00 e. The van der Waals surface area contributed by atoms with Gasteiger partial charge in [-0.05, 0) is 77.0 Å². The summed E-state index contributed by atoms with van der Waals surface area (Å²) < 4.78 is 0. The van der Waals surface area contributed by atoms with Gasteiger partial charge in [0.2, 0.25) is 0 Å². The van der Waals surface area contributed by atoms with E-state index in [9.17, 15) is 0 Å². The number of hydrogen-bond acceptors (Lipinski definition) is 2. The first kappa shape index (κ1) is 31.2. The Morgan fingerprint density at radius 3 is 1.19 bits per heavy atom. The molecular weight excluding hydrogens is 591 g/mol. The van der Waals surface area contributed by atoms with Crippen LogP contribution in [0.3, 0.4) is 0 Å². The second-order valence-corrected chi connectivity index (χ2v) is 12.4. The Morgan fingerprint density at radius 1 is 0.625 bits per heavy atom. The maximum atomic E-state index is 7.75. The summed E-state index contributed by atoms with van der Waals surface area (Å²) in [6.45, 7) is 6.50. The minimum absolute atomic E-state index is 0. The molecule has 0 aromatic heterocycles. The molecule has 0 spiro atoms. The van der Waals surface area contributed by atoms with Crippen molar-refractivity contribution in [2.75, 3.05) is 0 Å². The normalized spacial score (nSPS) is 19.4. The summed E-state index contributed by atoms with van der Waals surface area (Å²) in [4.78, 5) is 15.5. The Labute approximate surface area is 212 Å². The molecule has 0 amide bonds. The first-order valence-electron chi connectivity index (χ1n) is 12.2. The second kappa shape index (κ2) is 20.8. The number of hydrogen-bond donors (Lipinski definition) is 0. The Balaban J connectivity index is 0.000000625. The predicted molar refractivity (Wildman–Crippen MR) is 135 cm³/mol. The minimum atomic E-state index is -0.0465. The summed E-state index contributed by atoms with van der Waals surface area (Å²) in [7, 11) is -0.0465. The van der Waals surface area contributed by atoms with E-state index in [1.54, 1.807) is 96.3 Å². The summed E-state index contributed by atoms with van der Waals surface area (Å²) in [6.07, 6.45) is 30.5. The summed E-state index contributed by atoms with van der Waals surface area (Å²) >= 11 is 0. The molecule has 1 aromatic rings. The fraction of sp³-hybridized carbons (Fsp3) is 0.643. The van der Waals surface area contributed by atoms with Crippen LogP contribution in [0.4, 0.5) is 0 Å². The SMILES string of the molecule is C1CCC([PH+](C2CCCCC2)C2CCCCC2)CC1.[C-]#Cc1ccccc1.[CH-]=O.[CH-]=O.[Ir+3]. The van der Waals surface area contributed by atoms with Gasteiger partial charge in [-0.1, -0.05) is 37.5 Å². The van der Waals surface area contributed by atoms with Crippen LogP contribution in [0.25, 0.3) is 0 Å². The van der Waals surface area contributed by atoms with Crippen LogP contribution in [0.1, 0.15) is 102 Å². The van der Waals surface area contributed by atoms with E-state index >= 15 is 0 Å². The van der Waals surface area contributed by atoms with Gasteiger partial charge in [0.1, 0.15) is 0 Å². The largest absolute Gasteiger partial charge is 3.00 e. The summed E-state index contributed by atoms with van der Waals surface area (Å²) in [6, 6.07) is 9.37. The molecule has 3 fully saturated rings. The van der Waals surface area contributed by atoms with E-state index in [1.165, 1.54) is 17.0 Å². The Hall–Kier alpha value is -0.801. The molecule has 0 heterocycles. The van der Waals surface area contributed by atoms with Crippen LogP contribution < -0.4 is 0 Å². The summed E-state index contributed by atoms with van der Waals surface area (Å²) in [5.74, 6) is 2.28. The van der Waals surface area contributed by atoms with Crippen molar-refractivity contribution in [3.63, 3.8) is 0 Å². The standard InChI is InChI=1S/C18H33P.C8H5.2CHO.Ir/c1-4-10-16(11-5-1)19(17-12-6-2-7-13-17)18-14-8-3-9-15-18;1-2-8-6-4-3-5-7-8;2*1-2;/h16-18H,1-15H2;3-7H;2*1H;/q;3*-1;+3/p+1. The topological polar surface area (TPSA) is 34.1 Å². The molecule has 3 aliphatic rings. The van der Waals surface area contributed by atoms with Gasteiger partial charge >= 0.3 is 20.1 Å². The molecule has 3 saturated carbocycles.